The van der Waals surface area contributed by atoms with Crippen molar-refractivity contribution < 1.29 is 4.74 Å². The molecule has 0 saturated heterocycles. The van der Waals surface area contributed by atoms with Crippen LogP contribution in [-0.2, 0) is 6.42 Å². The highest BCUT2D eigenvalue weighted by Crippen LogP contribution is 2.48. The highest BCUT2D eigenvalue weighted by atomic mass is 32.1. The van der Waals surface area contributed by atoms with Crippen LogP contribution >= 0.6 is 11.3 Å². The van der Waals surface area contributed by atoms with Gasteiger partial charge in [0, 0.05) is 36.4 Å². The number of nitrogens with one attached hydrogen (secondary N) is 1. The van der Waals surface area contributed by atoms with Crippen LogP contribution < -0.4 is 10.1 Å². The predicted octanol–water partition coefficient (Wildman–Crippen LogP) is 3.72. The highest BCUT2D eigenvalue weighted by Gasteiger charge is 2.45. The monoisotopic (exact) mass is 300 g/mol. The Kier molecular flexibility index (Phi) is 3.43. The Morgan fingerprint density at radius 2 is 2.24 bits per heavy atom. The van der Waals surface area contributed by atoms with Crippen LogP contribution in [0.2, 0.25) is 0 Å². The van der Waals surface area contributed by atoms with Crippen LogP contribution in [0.15, 0.2) is 35.2 Å². The number of fused-ring (bicyclic) bond motifs is 1. The summed E-state index contributed by atoms with van der Waals surface area (Å²) >= 11 is 1.67. The first kappa shape index (κ1) is 13.3. The second kappa shape index (κ2) is 5.43. The third-order valence-electron chi connectivity index (χ3n) is 4.72. The van der Waals surface area contributed by atoms with Gasteiger partial charge in [0.15, 0.2) is 0 Å². The number of nitrogens with zero attached hydrogens (tertiary/aromatic N) is 1. The van der Waals surface area contributed by atoms with Crippen LogP contribution in [-0.4, -0.2) is 17.1 Å². The summed E-state index contributed by atoms with van der Waals surface area (Å²) in [7, 11) is 0. The summed E-state index contributed by atoms with van der Waals surface area (Å²) < 4.78 is 6.29. The van der Waals surface area contributed by atoms with Crippen LogP contribution in [0.25, 0.3) is 0 Å². The lowest BCUT2D eigenvalue weighted by molar-refractivity contribution is -0.0368. The van der Waals surface area contributed by atoms with Crippen molar-refractivity contribution in [2.75, 3.05) is 6.54 Å². The molecule has 0 radical (unpaired) electrons. The van der Waals surface area contributed by atoms with Crippen molar-refractivity contribution in [3.05, 3.63) is 46.4 Å². The van der Waals surface area contributed by atoms with Crippen molar-refractivity contribution in [3.8, 4) is 5.75 Å². The van der Waals surface area contributed by atoms with Gasteiger partial charge in [0.2, 0.25) is 0 Å². The third-order valence-corrected chi connectivity index (χ3v) is 5.35. The standard InChI is InChI=1S/C17H20N2OS/c1-2-5-16-14(4-1)15(10-17(20-16)7-3-8-17)18-9-6-13-11-21-12-19-13/h1-2,4-5,11-12,15,18H,3,6-10H2. The molecular weight excluding hydrogens is 280 g/mol. The number of benzene rings is 1. The minimum absolute atomic E-state index is 0.104. The third kappa shape index (κ3) is 2.58. The normalized spacial score (nSPS) is 22.4. The van der Waals surface area contributed by atoms with E-state index in [1.165, 1.54) is 30.5 Å². The number of aromatic nitrogens is 1. The molecule has 2 aromatic rings. The molecule has 0 bridgehead atoms. The molecule has 0 amide bonds. The van der Waals surface area contributed by atoms with Gasteiger partial charge in [0.1, 0.15) is 11.4 Å². The van der Waals surface area contributed by atoms with Gasteiger partial charge >= 0.3 is 0 Å². The topological polar surface area (TPSA) is 34.1 Å². The maximum absolute atomic E-state index is 6.29. The number of hydrogen-bond acceptors (Lipinski definition) is 4. The molecule has 4 heteroatoms. The molecule has 1 spiro atoms. The Hall–Kier alpha value is -1.39. The molecule has 1 aliphatic carbocycles. The van der Waals surface area contributed by atoms with Crippen molar-refractivity contribution in [1.29, 1.82) is 0 Å². The molecular formula is C17H20N2OS. The number of hydrogen-bond donors (Lipinski definition) is 1. The predicted molar refractivity (Wildman–Crippen MR) is 84.8 cm³/mol. The average Bonchev–Trinajstić information content (AvgIpc) is 2.98. The highest BCUT2D eigenvalue weighted by molar-refractivity contribution is 7.07. The van der Waals surface area contributed by atoms with Crippen LogP contribution in [0, 0.1) is 0 Å². The van der Waals surface area contributed by atoms with Crippen molar-refractivity contribution in [2.45, 2.75) is 43.7 Å². The molecule has 3 nitrogen and oxygen atoms in total. The maximum Gasteiger partial charge on any atom is 0.124 e. The molecule has 1 saturated carbocycles. The SMILES string of the molecule is c1ccc2c(c1)OC1(CCC1)CC2NCCc1cscn1. The first-order chi connectivity index (χ1) is 10.3. The summed E-state index contributed by atoms with van der Waals surface area (Å²) in [5.41, 5.74) is 4.51. The van der Waals surface area contributed by atoms with E-state index in [-0.39, 0.29) is 5.60 Å². The van der Waals surface area contributed by atoms with E-state index in [0.29, 0.717) is 6.04 Å². The summed E-state index contributed by atoms with van der Waals surface area (Å²) in [5.74, 6) is 1.08. The van der Waals surface area contributed by atoms with Crippen molar-refractivity contribution >= 4 is 11.3 Å². The van der Waals surface area contributed by atoms with Gasteiger partial charge in [-0.2, -0.15) is 0 Å². The number of ether oxygens (including phenoxy) is 1. The number of rotatable bonds is 4. The minimum Gasteiger partial charge on any atom is -0.487 e. The minimum atomic E-state index is 0.104. The summed E-state index contributed by atoms with van der Waals surface area (Å²) in [6.45, 7) is 0.971. The molecule has 2 aliphatic rings. The van der Waals surface area contributed by atoms with Gasteiger partial charge in [-0.25, -0.2) is 4.98 Å². The zero-order chi connectivity index (χ0) is 14.1. The zero-order valence-corrected chi connectivity index (χ0v) is 12.9. The molecule has 1 aliphatic heterocycles. The first-order valence-corrected chi connectivity index (χ1v) is 8.67. The van der Waals surface area contributed by atoms with Gasteiger partial charge in [-0.15, -0.1) is 11.3 Å². The molecule has 4 rings (SSSR count). The van der Waals surface area contributed by atoms with Gasteiger partial charge in [-0.3, -0.25) is 0 Å². The average molecular weight is 300 g/mol. The van der Waals surface area contributed by atoms with E-state index in [2.05, 4.69) is 39.9 Å². The molecule has 1 atom stereocenters. The lowest BCUT2D eigenvalue weighted by atomic mass is 9.73. The van der Waals surface area contributed by atoms with Crippen molar-refractivity contribution in [1.82, 2.24) is 10.3 Å². The quantitative estimate of drug-likeness (QED) is 0.934. The van der Waals surface area contributed by atoms with Gasteiger partial charge < -0.3 is 10.1 Å². The summed E-state index contributed by atoms with van der Waals surface area (Å²) in [6.07, 6.45) is 5.79. The Balaban J connectivity index is 1.47. The van der Waals surface area contributed by atoms with Gasteiger partial charge in [-0.1, -0.05) is 18.2 Å². The van der Waals surface area contributed by atoms with E-state index in [4.69, 9.17) is 4.74 Å². The lowest BCUT2D eigenvalue weighted by Crippen LogP contribution is -2.49. The van der Waals surface area contributed by atoms with Gasteiger partial charge in [0.25, 0.3) is 0 Å². The van der Waals surface area contributed by atoms with E-state index in [0.717, 1.165) is 25.1 Å². The van der Waals surface area contributed by atoms with Gasteiger partial charge in [0.05, 0.1) is 11.2 Å². The van der Waals surface area contributed by atoms with Gasteiger partial charge in [-0.05, 0) is 25.3 Å². The van der Waals surface area contributed by atoms with Crippen LogP contribution in [0.4, 0.5) is 0 Å². The van der Waals surface area contributed by atoms with E-state index >= 15 is 0 Å². The summed E-state index contributed by atoms with van der Waals surface area (Å²) in [5, 5.41) is 5.86. The van der Waals surface area contributed by atoms with E-state index in [9.17, 15) is 0 Å². The Labute approximate surface area is 129 Å². The molecule has 110 valence electrons. The molecule has 1 aromatic carbocycles. The molecule has 1 N–H and O–H groups in total. The summed E-state index contributed by atoms with van der Waals surface area (Å²) in [4.78, 5) is 4.35. The smallest absolute Gasteiger partial charge is 0.124 e. The van der Waals surface area contributed by atoms with Crippen LogP contribution in [0.3, 0.4) is 0 Å². The Bertz CT molecular complexity index is 607. The zero-order valence-electron chi connectivity index (χ0n) is 12.0. The number of thiazole rings is 1. The first-order valence-electron chi connectivity index (χ1n) is 7.73. The Morgan fingerprint density at radius 1 is 1.33 bits per heavy atom. The number of para-hydroxylation sites is 1. The second-order valence-corrected chi connectivity index (χ2v) is 6.84. The Morgan fingerprint density at radius 3 is 3.00 bits per heavy atom. The molecule has 21 heavy (non-hydrogen) atoms. The fourth-order valence-corrected chi connectivity index (χ4v) is 4.01. The molecule has 2 heterocycles. The van der Waals surface area contributed by atoms with Crippen LogP contribution in [0.1, 0.15) is 43.0 Å². The molecule has 1 unspecified atom stereocenters. The lowest BCUT2D eigenvalue weighted by Gasteiger charge is -2.48. The molecule has 1 fully saturated rings. The van der Waals surface area contributed by atoms with Crippen LogP contribution in [0.5, 0.6) is 5.75 Å². The van der Waals surface area contributed by atoms with Crippen molar-refractivity contribution in [3.63, 3.8) is 0 Å². The maximum atomic E-state index is 6.29. The fraction of sp³-hybridized carbons (Fsp3) is 0.471. The second-order valence-electron chi connectivity index (χ2n) is 6.12. The summed E-state index contributed by atoms with van der Waals surface area (Å²) in [6, 6.07) is 8.90. The van der Waals surface area contributed by atoms with Crippen molar-refractivity contribution in [2.24, 2.45) is 0 Å². The molecule has 1 aromatic heterocycles. The van der Waals surface area contributed by atoms with E-state index in [1.54, 1.807) is 11.3 Å². The largest absolute Gasteiger partial charge is 0.487 e. The van der Waals surface area contributed by atoms with E-state index < -0.39 is 0 Å². The fourth-order valence-electron chi connectivity index (χ4n) is 3.41. The van der Waals surface area contributed by atoms with E-state index in [1.807, 2.05) is 5.51 Å².